The van der Waals surface area contributed by atoms with E-state index in [4.69, 9.17) is 0 Å². The van der Waals surface area contributed by atoms with Crippen LogP contribution < -0.4 is 5.32 Å². The van der Waals surface area contributed by atoms with Gasteiger partial charge in [0.25, 0.3) is 0 Å². The van der Waals surface area contributed by atoms with E-state index in [9.17, 15) is 9.90 Å². The number of carboxylic acids is 1. The van der Waals surface area contributed by atoms with E-state index in [1.165, 1.54) is 18.0 Å². The van der Waals surface area contributed by atoms with Gasteiger partial charge >= 0.3 is 5.97 Å². The zero-order chi connectivity index (χ0) is 16.9. The summed E-state index contributed by atoms with van der Waals surface area (Å²) in [6, 6.07) is 11.5. The van der Waals surface area contributed by atoms with Crippen LogP contribution in [0.2, 0.25) is 0 Å². The molecule has 0 amide bonds. The number of anilines is 2. The second-order valence-corrected chi connectivity index (χ2v) is 5.64. The first kappa shape index (κ1) is 15.9. The third-order valence-electron chi connectivity index (χ3n) is 3.34. The van der Waals surface area contributed by atoms with Gasteiger partial charge in [-0.25, -0.2) is 14.8 Å². The first-order chi connectivity index (χ1) is 11.7. The van der Waals surface area contributed by atoms with Gasteiger partial charge in [0.15, 0.2) is 5.16 Å². The number of pyridine rings is 1. The van der Waals surface area contributed by atoms with E-state index >= 15 is 0 Å². The van der Waals surface area contributed by atoms with Gasteiger partial charge in [0.2, 0.25) is 0 Å². The number of benzene rings is 1. The van der Waals surface area contributed by atoms with Crippen molar-refractivity contribution in [2.24, 2.45) is 0 Å². The fourth-order valence-electron chi connectivity index (χ4n) is 2.14. The van der Waals surface area contributed by atoms with E-state index in [0.717, 1.165) is 16.8 Å². The van der Waals surface area contributed by atoms with Crippen LogP contribution in [0.5, 0.6) is 0 Å². The molecule has 0 bridgehead atoms. The Kier molecular flexibility index (Phi) is 4.72. The van der Waals surface area contributed by atoms with Crippen LogP contribution in [0.4, 0.5) is 11.5 Å². The number of thioether (sulfide) groups is 1. The molecular formula is C17H14N4O2S. The molecule has 0 spiro atoms. The Labute approximate surface area is 143 Å². The lowest BCUT2D eigenvalue weighted by Crippen LogP contribution is -2.06. The van der Waals surface area contributed by atoms with Crippen molar-refractivity contribution in [1.82, 2.24) is 15.0 Å². The number of aromatic carboxylic acids is 1. The van der Waals surface area contributed by atoms with Crippen molar-refractivity contribution in [3.8, 4) is 11.1 Å². The highest BCUT2D eigenvalue weighted by Gasteiger charge is 2.13. The van der Waals surface area contributed by atoms with Gasteiger partial charge in [-0.05, 0) is 41.6 Å². The van der Waals surface area contributed by atoms with Crippen LogP contribution in [0, 0.1) is 0 Å². The molecule has 6 nitrogen and oxygen atoms in total. The fourth-order valence-corrected chi connectivity index (χ4v) is 2.48. The summed E-state index contributed by atoms with van der Waals surface area (Å²) in [5.74, 6) is -0.794. The van der Waals surface area contributed by atoms with Crippen LogP contribution >= 0.6 is 11.8 Å². The quantitative estimate of drug-likeness (QED) is 0.541. The summed E-state index contributed by atoms with van der Waals surface area (Å²) >= 11 is 1.35. The van der Waals surface area contributed by atoms with E-state index in [-0.39, 0.29) is 11.4 Å². The number of hydrogen-bond acceptors (Lipinski definition) is 6. The van der Waals surface area contributed by atoms with E-state index < -0.39 is 5.97 Å². The lowest BCUT2D eigenvalue weighted by Gasteiger charge is -2.10. The molecule has 7 heteroatoms. The molecule has 2 N–H and O–H groups in total. The molecule has 0 saturated carbocycles. The lowest BCUT2D eigenvalue weighted by molar-refractivity contribution is 0.0697. The molecule has 0 aliphatic heterocycles. The standard InChI is InChI=1S/C17H14N4O2S/c1-24-17-19-10-14(16(22)23)15(21-17)20-13-4-2-11(3-5-13)12-6-8-18-9-7-12/h2-10H,1H3,(H,22,23)(H,19,20,21). The summed E-state index contributed by atoms with van der Waals surface area (Å²) < 4.78 is 0. The summed E-state index contributed by atoms with van der Waals surface area (Å²) in [5.41, 5.74) is 2.90. The second kappa shape index (κ2) is 7.10. The molecular weight excluding hydrogens is 324 g/mol. The molecule has 120 valence electrons. The molecule has 0 aliphatic rings. The van der Waals surface area contributed by atoms with E-state index in [1.807, 2.05) is 42.7 Å². The summed E-state index contributed by atoms with van der Waals surface area (Å²) in [4.78, 5) is 23.6. The summed E-state index contributed by atoms with van der Waals surface area (Å²) in [7, 11) is 0. The number of aromatic nitrogens is 3. The minimum atomic E-state index is -1.07. The number of carboxylic acid groups (broad SMARTS) is 1. The van der Waals surface area contributed by atoms with Crippen LogP contribution in [-0.4, -0.2) is 32.3 Å². The van der Waals surface area contributed by atoms with Crippen LogP contribution in [0.1, 0.15) is 10.4 Å². The van der Waals surface area contributed by atoms with Crippen LogP contribution in [0.15, 0.2) is 60.1 Å². The third-order valence-corrected chi connectivity index (χ3v) is 3.90. The van der Waals surface area contributed by atoms with Crippen LogP contribution in [0.25, 0.3) is 11.1 Å². The monoisotopic (exact) mass is 338 g/mol. The predicted molar refractivity (Wildman–Crippen MR) is 93.7 cm³/mol. The zero-order valence-corrected chi connectivity index (χ0v) is 13.6. The van der Waals surface area contributed by atoms with E-state index in [2.05, 4.69) is 20.3 Å². The van der Waals surface area contributed by atoms with Crippen molar-refractivity contribution in [2.75, 3.05) is 11.6 Å². The Morgan fingerprint density at radius 2 is 1.75 bits per heavy atom. The van der Waals surface area contributed by atoms with Gasteiger partial charge < -0.3 is 10.4 Å². The SMILES string of the molecule is CSc1ncc(C(=O)O)c(Nc2ccc(-c3ccncc3)cc2)n1. The minimum absolute atomic E-state index is 0.0333. The highest BCUT2D eigenvalue weighted by Crippen LogP contribution is 2.24. The van der Waals surface area contributed by atoms with E-state index in [1.54, 1.807) is 12.4 Å². The lowest BCUT2D eigenvalue weighted by atomic mass is 10.1. The van der Waals surface area contributed by atoms with Crippen LogP contribution in [0.3, 0.4) is 0 Å². The average Bonchev–Trinajstić information content (AvgIpc) is 2.63. The second-order valence-electron chi connectivity index (χ2n) is 4.86. The molecule has 3 aromatic rings. The maximum absolute atomic E-state index is 11.3. The minimum Gasteiger partial charge on any atom is -0.477 e. The molecule has 2 heterocycles. The Morgan fingerprint density at radius 3 is 2.38 bits per heavy atom. The topological polar surface area (TPSA) is 88.0 Å². The summed E-state index contributed by atoms with van der Waals surface area (Å²) in [6.45, 7) is 0. The summed E-state index contributed by atoms with van der Waals surface area (Å²) in [5, 5.41) is 12.8. The number of nitrogens with zero attached hydrogens (tertiary/aromatic N) is 3. The molecule has 2 aromatic heterocycles. The van der Waals surface area contributed by atoms with Crippen molar-refractivity contribution < 1.29 is 9.90 Å². The normalized spacial score (nSPS) is 10.4. The maximum Gasteiger partial charge on any atom is 0.341 e. The predicted octanol–water partition coefficient (Wildman–Crippen LogP) is 3.70. The number of nitrogens with one attached hydrogen (secondary N) is 1. The first-order valence-corrected chi connectivity index (χ1v) is 8.31. The van der Waals surface area contributed by atoms with Crippen molar-refractivity contribution in [2.45, 2.75) is 5.16 Å². The molecule has 24 heavy (non-hydrogen) atoms. The smallest absolute Gasteiger partial charge is 0.341 e. The Bertz CT molecular complexity index is 854. The highest BCUT2D eigenvalue weighted by molar-refractivity contribution is 7.98. The van der Waals surface area contributed by atoms with Gasteiger partial charge in [-0.3, -0.25) is 4.98 Å². The highest BCUT2D eigenvalue weighted by atomic mass is 32.2. The van der Waals surface area contributed by atoms with Crippen molar-refractivity contribution in [3.05, 3.63) is 60.6 Å². The maximum atomic E-state index is 11.3. The van der Waals surface area contributed by atoms with Gasteiger partial charge in [-0.2, -0.15) is 0 Å². The molecule has 0 radical (unpaired) electrons. The Balaban J connectivity index is 1.87. The van der Waals surface area contributed by atoms with Crippen LogP contribution in [-0.2, 0) is 0 Å². The van der Waals surface area contributed by atoms with Gasteiger partial charge in [0.05, 0.1) is 0 Å². The Morgan fingerprint density at radius 1 is 1.08 bits per heavy atom. The molecule has 0 aliphatic carbocycles. The van der Waals surface area contributed by atoms with Gasteiger partial charge in [-0.1, -0.05) is 23.9 Å². The number of hydrogen-bond donors (Lipinski definition) is 2. The molecule has 3 rings (SSSR count). The van der Waals surface area contributed by atoms with Crippen molar-refractivity contribution in [1.29, 1.82) is 0 Å². The third kappa shape index (κ3) is 3.52. The van der Waals surface area contributed by atoms with Gasteiger partial charge in [0, 0.05) is 24.3 Å². The fraction of sp³-hybridized carbons (Fsp3) is 0.0588. The van der Waals surface area contributed by atoms with Gasteiger partial charge in [-0.15, -0.1) is 0 Å². The van der Waals surface area contributed by atoms with Crippen molar-refractivity contribution in [3.63, 3.8) is 0 Å². The molecule has 0 saturated heterocycles. The zero-order valence-electron chi connectivity index (χ0n) is 12.8. The molecule has 0 unspecified atom stereocenters. The molecule has 0 fully saturated rings. The van der Waals surface area contributed by atoms with E-state index in [0.29, 0.717) is 5.16 Å². The van der Waals surface area contributed by atoms with Gasteiger partial charge in [0.1, 0.15) is 11.4 Å². The number of carbonyl (C=O) groups is 1. The summed E-state index contributed by atoms with van der Waals surface area (Å²) in [6.07, 6.45) is 6.63. The molecule has 1 aromatic carbocycles. The first-order valence-electron chi connectivity index (χ1n) is 7.09. The largest absolute Gasteiger partial charge is 0.477 e. The molecule has 0 atom stereocenters. The Hall–Kier alpha value is -2.93. The van der Waals surface area contributed by atoms with Crippen molar-refractivity contribution >= 4 is 29.2 Å². The number of rotatable bonds is 5. The average molecular weight is 338 g/mol.